The third-order valence-electron chi connectivity index (χ3n) is 3.14. The molecule has 80 valence electrons. The smallest absolute Gasteiger partial charge is 0.335 e. The summed E-state index contributed by atoms with van der Waals surface area (Å²) in [4.78, 5) is 13.1. The lowest BCUT2D eigenvalue weighted by Crippen LogP contribution is -2.35. The summed E-state index contributed by atoms with van der Waals surface area (Å²) in [5, 5.41) is 8.89. The maximum atomic E-state index is 10.8. The van der Waals surface area contributed by atoms with Gasteiger partial charge in [-0.1, -0.05) is 6.07 Å². The van der Waals surface area contributed by atoms with E-state index < -0.39 is 5.97 Å². The van der Waals surface area contributed by atoms with Gasteiger partial charge in [0.05, 0.1) is 5.56 Å². The lowest BCUT2D eigenvalue weighted by molar-refractivity contribution is 0.0696. The van der Waals surface area contributed by atoms with Crippen molar-refractivity contribution >= 4 is 5.97 Å². The quantitative estimate of drug-likeness (QED) is 0.759. The molecular weight excluding hydrogens is 190 g/mol. The fourth-order valence-electron chi connectivity index (χ4n) is 2.00. The van der Waals surface area contributed by atoms with Gasteiger partial charge in [0.15, 0.2) is 0 Å². The molecule has 0 saturated carbocycles. The van der Waals surface area contributed by atoms with Crippen molar-refractivity contribution in [1.82, 2.24) is 4.90 Å². The molecule has 1 atom stereocenters. The van der Waals surface area contributed by atoms with Crippen LogP contribution < -0.4 is 0 Å². The SMILES string of the molecule is CC1Cc2cc(C(=O)O)ccc2CN1C. The molecule has 15 heavy (non-hydrogen) atoms. The van der Waals surface area contributed by atoms with Crippen molar-refractivity contribution in [2.75, 3.05) is 7.05 Å². The lowest BCUT2D eigenvalue weighted by atomic mass is 9.93. The minimum absolute atomic E-state index is 0.394. The van der Waals surface area contributed by atoms with Crippen LogP contribution in [0.1, 0.15) is 28.4 Å². The first kappa shape index (κ1) is 10.2. The molecule has 0 radical (unpaired) electrons. The van der Waals surface area contributed by atoms with Crippen LogP contribution in [-0.4, -0.2) is 29.1 Å². The Hall–Kier alpha value is -1.35. The zero-order valence-corrected chi connectivity index (χ0v) is 9.03. The van der Waals surface area contributed by atoms with E-state index in [0.29, 0.717) is 11.6 Å². The van der Waals surface area contributed by atoms with Crippen LogP contribution in [0, 0.1) is 0 Å². The van der Waals surface area contributed by atoms with Crippen LogP contribution in [0.4, 0.5) is 0 Å². The molecular formula is C12H15NO2. The van der Waals surface area contributed by atoms with Gasteiger partial charge in [-0.15, -0.1) is 0 Å². The van der Waals surface area contributed by atoms with Gasteiger partial charge in [0.25, 0.3) is 0 Å². The molecule has 0 saturated heterocycles. The summed E-state index contributed by atoms with van der Waals surface area (Å²) in [6, 6.07) is 5.91. The van der Waals surface area contributed by atoms with Gasteiger partial charge >= 0.3 is 5.97 Å². The molecule has 3 heteroatoms. The monoisotopic (exact) mass is 205 g/mol. The van der Waals surface area contributed by atoms with E-state index in [9.17, 15) is 4.79 Å². The zero-order chi connectivity index (χ0) is 11.0. The first-order valence-corrected chi connectivity index (χ1v) is 5.13. The highest BCUT2D eigenvalue weighted by atomic mass is 16.4. The second-order valence-corrected chi connectivity index (χ2v) is 4.26. The van der Waals surface area contributed by atoms with Gasteiger partial charge in [0.2, 0.25) is 0 Å². The van der Waals surface area contributed by atoms with Gasteiger partial charge in [-0.2, -0.15) is 0 Å². The van der Waals surface area contributed by atoms with Gasteiger partial charge in [0.1, 0.15) is 0 Å². The molecule has 0 bridgehead atoms. The Labute approximate surface area is 89.3 Å². The minimum atomic E-state index is -0.843. The van der Waals surface area contributed by atoms with Crippen LogP contribution in [0.3, 0.4) is 0 Å². The average molecular weight is 205 g/mol. The Bertz CT molecular complexity index is 401. The normalized spacial score (nSPS) is 21.1. The molecule has 0 spiro atoms. The summed E-state index contributed by atoms with van der Waals surface area (Å²) in [7, 11) is 2.10. The first-order valence-electron chi connectivity index (χ1n) is 5.13. The number of carboxylic acids is 1. The summed E-state index contributed by atoms with van der Waals surface area (Å²) in [5.41, 5.74) is 2.83. The Balaban J connectivity index is 2.37. The van der Waals surface area contributed by atoms with Crippen molar-refractivity contribution < 1.29 is 9.90 Å². The Morgan fingerprint density at radius 2 is 2.20 bits per heavy atom. The predicted molar refractivity (Wildman–Crippen MR) is 58.0 cm³/mol. The van der Waals surface area contributed by atoms with E-state index in [0.717, 1.165) is 13.0 Å². The molecule has 0 amide bonds. The van der Waals surface area contributed by atoms with Crippen molar-refractivity contribution in [3.8, 4) is 0 Å². The summed E-state index contributed by atoms with van der Waals surface area (Å²) in [6.45, 7) is 3.08. The van der Waals surface area contributed by atoms with Crippen molar-refractivity contribution in [3.05, 3.63) is 34.9 Å². The molecule has 0 aliphatic carbocycles. The number of benzene rings is 1. The highest BCUT2D eigenvalue weighted by Gasteiger charge is 2.20. The number of hydrogen-bond acceptors (Lipinski definition) is 2. The Kier molecular flexibility index (Phi) is 2.49. The first-order chi connectivity index (χ1) is 7.08. The highest BCUT2D eigenvalue weighted by molar-refractivity contribution is 5.87. The summed E-state index contributed by atoms with van der Waals surface area (Å²) < 4.78 is 0. The maximum absolute atomic E-state index is 10.8. The van der Waals surface area contributed by atoms with E-state index in [1.807, 2.05) is 6.07 Å². The minimum Gasteiger partial charge on any atom is -0.478 e. The number of carboxylic acid groups (broad SMARTS) is 1. The number of carbonyl (C=O) groups is 1. The van der Waals surface area contributed by atoms with Crippen LogP contribution in [0.25, 0.3) is 0 Å². The summed E-state index contributed by atoms with van der Waals surface area (Å²) >= 11 is 0. The molecule has 0 aromatic heterocycles. The standard InChI is InChI=1S/C12H15NO2/c1-8-5-11-6-9(12(14)15)3-4-10(11)7-13(8)2/h3-4,6,8H,5,7H2,1-2H3,(H,14,15). The fraction of sp³-hybridized carbons (Fsp3) is 0.417. The van der Waals surface area contributed by atoms with Crippen LogP contribution >= 0.6 is 0 Å². The van der Waals surface area contributed by atoms with Crippen LogP contribution in [-0.2, 0) is 13.0 Å². The third-order valence-corrected chi connectivity index (χ3v) is 3.14. The molecule has 1 aliphatic rings. The maximum Gasteiger partial charge on any atom is 0.335 e. The Morgan fingerprint density at radius 3 is 2.87 bits per heavy atom. The molecule has 1 N–H and O–H groups in total. The number of hydrogen-bond donors (Lipinski definition) is 1. The van der Waals surface area contributed by atoms with Crippen molar-refractivity contribution in [3.63, 3.8) is 0 Å². The second-order valence-electron chi connectivity index (χ2n) is 4.26. The van der Waals surface area contributed by atoms with Crippen molar-refractivity contribution in [2.45, 2.75) is 25.9 Å². The molecule has 1 aromatic carbocycles. The highest BCUT2D eigenvalue weighted by Crippen LogP contribution is 2.22. The molecule has 1 aromatic rings. The zero-order valence-electron chi connectivity index (χ0n) is 9.03. The number of nitrogens with zero attached hydrogens (tertiary/aromatic N) is 1. The Morgan fingerprint density at radius 1 is 1.47 bits per heavy atom. The molecule has 3 nitrogen and oxygen atoms in total. The van der Waals surface area contributed by atoms with Crippen LogP contribution in [0.5, 0.6) is 0 Å². The van der Waals surface area contributed by atoms with E-state index in [-0.39, 0.29) is 0 Å². The number of rotatable bonds is 1. The molecule has 1 heterocycles. The average Bonchev–Trinajstić information content (AvgIpc) is 2.19. The topological polar surface area (TPSA) is 40.5 Å². The second kappa shape index (κ2) is 3.66. The van der Waals surface area contributed by atoms with Gasteiger partial charge in [-0.3, -0.25) is 4.90 Å². The van der Waals surface area contributed by atoms with Gasteiger partial charge < -0.3 is 5.11 Å². The molecule has 0 fully saturated rings. The van der Waals surface area contributed by atoms with Crippen molar-refractivity contribution in [1.29, 1.82) is 0 Å². The fourth-order valence-corrected chi connectivity index (χ4v) is 2.00. The van der Waals surface area contributed by atoms with Crippen molar-refractivity contribution in [2.24, 2.45) is 0 Å². The molecule has 1 aliphatic heterocycles. The largest absolute Gasteiger partial charge is 0.478 e. The van der Waals surface area contributed by atoms with E-state index in [1.165, 1.54) is 11.1 Å². The molecule has 1 unspecified atom stereocenters. The lowest BCUT2D eigenvalue weighted by Gasteiger charge is -2.31. The summed E-state index contributed by atoms with van der Waals surface area (Å²) in [5.74, 6) is -0.843. The van der Waals surface area contributed by atoms with E-state index in [4.69, 9.17) is 5.11 Å². The van der Waals surface area contributed by atoms with E-state index in [2.05, 4.69) is 18.9 Å². The van der Waals surface area contributed by atoms with Gasteiger partial charge in [-0.25, -0.2) is 4.79 Å². The van der Waals surface area contributed by atoms with Crippen LogP contribution in [0.15, 0.2) is 18.2 Å². The summed E-state index contributed by atoms with van der Waals surface area (Å²) in [6.07, 6.45) is 0.937. The van der Waals surface area contributed by atoms with E-state index >= 15 is 0 Å². The molecule has 2 rings (SSSR count). The van der Waals surface area contributed by atoms with Gasteiger partial charge in [0, 0.05) is 12.6 Å². The van der Waals surface area contributed by atoms with Gasteiger partial charge in [-0.05, 0) is 43.7 Å². The number of fused-ring (bicyclic) bond motifs is 1. The number of aromatic carboxylic acids is 1. The number of likely N-dealkylation sites (N-methyl/N-ethyl adjacent to an activating group) is 1. The predicted octanol–water partition coefficient (Wildman–Crippen LogP) is 1.76. The van der Waals surface area contributed by atoms with Crippen LogP contribution in [0.2, 0.25) is 0 Å². The van der Waals surface area contributed by atoms with E-state index in [1.54, 1.807) is 12.1 Å². The third kappa shape index (κ3) is 1.88.